The van der Waals surface area contributed by atoms with Crippen molar-refractivity contribution in [2.24, 2.45) is 5.92 Å². The summed E-state index contributed by atoms with van der Waals surface area (Å²) in [6, 6.07) is 6.98. The predicted molar refractivity (Wildman–Crippen MR) is 84.9 cm³/mol. The van der Waals surface area contributed by atoms with Crippen LogP contribution in [0.1, 0.15) is 38.7 Å². The molecule has 0 bridgehead atoms. The Kier molecular flexibility index (Phi) is 4.57. The third-order valence-corrected chi connectivity index (χ3v) is 4.32. The number of carbonyl (C=O) groups excluding carboxylic acids is 1. The fraction of sp³-hybridized carbons (Fsp3) is 0.312. The van der Waals surface area contributed by atoms with Crippen molar-refractivity contribution in [2.45, 2.75) is 19.4 Å². The Morgan fingerprint density at radius 2 is 2.04 bits per heavy atom. The van der Waals surface area contributed by atoms with E-state index < -0.39 is 5.97 Å². The molecule has 1 aliphatic rings. The second-order valence-corrected chi connectivity index (χ2v) is 6.34. The van der Waals surface area contributed by atoms with E-state index in [2.05, 4.69) is 10.3 Å². The number of ether oxygens (including phenoxy) is 1. The summed E-state index contributed by atoms with van der Waals surface area (Å²) in [5.74, 6) is 0.151. The number of rotatable bonds is 7. The van der Waals surface area contributed by atoms with Crippen molar-refractivity contribution in [1.82, 2.24) is 10.3 Å². The van der Waals surface area contributed by atoms with Crippen LogP contribution >= 0.6 is 11.3 Å². The first-order valence-corrected chi connectivity index (χ1v) is 8.18. The Balaban J connectivity index is 1.51. The van der Waals surface area contributed by atoms with Gasteiger partial charge >= 0.3 is 5.97 Å². The lowest BCUT2D eigenvalue weighted by atomic mass is 10.2. The van der Waals surface area contributed by atoms with E-state index in [-0.39, 0.29) is 18.1 Å². The van der Waals surface area contributed by atoms with Gasteiger partial charge in [-0.1, -0.05) is 0 Å². The normalized spacial score (nSPS) is 13.6. The lowest BCUT2D eigenvalue weighted by Crippen LogP contribution is -2.22. The number of nitrogens with one attached hydrogen (secondary N) is 1. The van der Waals surface area contributed by atoms with E-state index in [9.17, 15) is 9.59 Å². The fourth-order valence-electron chi connectivity index (χ4n) is 1.95. The molecular weight excluding hydrogens is 316 g/mol. The molecule has 1 fully saturated rings. The molecular formula is C16H16N2O4S. The molecule has 0 unspecified atom stereocenters. The van der Waals surface area contributed by atoms with E-state index in [1.807, 2.05) is 0 Å². The van der Waals surface area contributed by atoms with Crippen LogP contribution in [-0.4, -0.2) is 28.6 Å². The van der Waals surface area contributed by atoms with Gasteiger partial charge in [-0.15, -0.1) is 11.3 Å². The Morgan fingerprint density at radius 3 is 2.65 bits per heavy atom. The molecule has 1 aliphatic carbocycles. The van der Waals surface area contributed by atoms with Crippen molar-refractivity contribution >= 4 is 23.2 Å². The standard InChI is InChI=1S/C16H16N2O4S/c19-15(17-7-14-18-13(9-23-14)16(20)21)11-3-5-12(6-4-11)22-8-10-1-2-10/h3-6,9-10H,1-2,7-8H2,(H,17,19)(H,20,21). The van der Waals surface area contributed by atoms with E-state index in [0.717, 1.165) is 12.4 Å². The highest BCUT2D eigenvalue weighted by atomic mass is 32.1. The summed E-state index contributed by atoms with van der Waals surface area (Å²) in [7, 11) is 0. The molecule has 1 aromatic carbocycles. The molecule has 0 spiro atoms. The van der Waals surface area contributed by atoms with Crippen molar-refractivity contribution in [1.29, 1.82) is 0 Å². The maximum Gasteiger partial charge on any atom is 0.355 e. The number of carboxylic acid groups (broad SMARTS) is 1. The van der Waals surface area contributed by atoms with Gasteiger partial charge < -0.3 is 15.2 Å². The van der Waals surface area contributed by atoms with Crippen LogP contribution in [0.15, 0.2) is 29.6 Å². The number of carbonyl (C=O) groups is 2. The quantitative estimate of drug-likeness (QED) is 0.813. The van der Waals surface area contributed by atoms with Gasteiger partial charge in [-0.3, -0.25) is 4.79 Å². The molecule has 0 saturated heterocycles. The molecule has 1 saturated carbocycles. The zero-order valence-electron chi connectivity index (χ0n) is 12.3. The van der Waals surface area contributed by atoms with Crippen LogP contribution in [0, 0.1) is 5.92 Å². The largest absolute Gasteiger partial charge is 0.493 e. The second-order valence-electron chi connectivity index (χ2n) is 5.39. The summed E-state index contributed by atoms with van der Waals surface area (Å²) in [4.78, 5) is 26.7. The SMILES string of the molecule is O=C(NCc1nc(C(=O)O)cs1)c1ccc(OCC2CC2)cc1. The molecule has 6 nitrogen and oxygen atoms in total. The minimum atomic E-state index is -1.07. The molecule has 3 rings (SSSR count). The smallest absolute Gasteiger partial charge is 0.355 e. The highest BCUT2D eigenvalue weighted by molar-refractivity contribution is 7.09. The summed E-state index contributed by atoms with van der Waals surface area (Å²) in [5.41, 5.74) is 0.523. The first-order chi connectivity index (χ1) is 11.1. The van der Waals surface area contributed by atoms with Gasteiger partial charge in [0.05, 0.1) is 13.2 Å². The van der Waals surface area contributed by atoms with Crippen LogP contribution in [-0.2, 0) is 6.54 Å². The van der Waals surface area contributed by atoms with Crippen molar-refractivity contribution in [3.63, 3.8) is 0 Å². The summed E-state index contributed by atoms with van der Waals surface area (Å²) in [6.07, 6.45) is 2.47. The van der Waals surface area contributed by atoms with E-state index in [4.69, 9.17) is 9.84 Å². The van der Waals surface area contributed by atoms with E-state index in [0.29, 0.717) is 16.5 Å². The number of nitrogens with zero attached hydrogens (tertiary/aromatic N) is 1. The second kappa shape index (κ2) is 6.78. The molecule has 7 heteroatoms. The topological polar surface area (TPSA) is 88.5 Å². The van der Waals surface area contributed by atoms with E-state index >= 15 is 0 Å². The van der Waals surface area contributed by atoms with Crippen LogP contribution < -0.4 is 10.1 Å². The third kappa shape index (κ3) is 4.29. The highest BCUT2D eigenvalue weighted by Gasteiger charge is 2.21. The van der Waals surface area contributed by atoms with Crippen molar-refractivity contribution in [3.05, 3.63) is 45.9 Å². The summed E-state index contributed by atoms with van der Waals surface area (Å²) >= 11 is 1.21. The maximum absolute atomic E-state index is 12.1. The Bertz CT molecular complexity index is 707. The Labute approximate surface area is 137 Å². The molecule has 1 amide bonds. The average molecular weight is 332 g/mol. The number of benzene rings is 1. The molecule has 23 heavy (non-hydrogen) atoms. The number of aromatic carboxylic acids is 1. The summed E-state index contributed by atoms with van der Waals surface area (Å²) in [5, 5.41) is 13.5. The van der Waals surface area contributed by atoms with Crippen LogP contribution in [0.3, 0.4) is 0 Å². The van der Waals surface area contributed by atoms with Crippen LogP contribution in [0.2, 0.25) is 0 Å². The zero-order chi connectivity index (χ0) is 16.2. The lowest BCUT2D eigenvalue weighted by Gasteiger charge is -2.07. The summed E-state index contributed by atoms with van der Waals surface area (Å²) in [6.45, 7) is 0.943. The zero-order valence-corrected chi connectivity index (χ0v) is 13.1. The Morgan fingerprint density at radius 1 is 1.30 bits per heavy atom. The van der Waals surface area contributed by atoms with Gasteiger partial charge in [0.1, 0.15) is 10.8 Å². The summed E-state index contributed by atoms with van der Waals surface area (Å²) < 4.78 is 5.62. The minimum absolute atomic E-state index is 0.00332. The van der Waals surface area contributed by atoms with Gasteiger partial charge in [0.15, 0.2) is 5.69 Å². The van der Waals surface area contributed by atoms with Crippen molar-refractivity contribution < 1.29 is 19.4 Å². The molecule has 0 atom stereocenters. The molecule has 1 heterocycles. The maximum atomic E-state index is 12.1. The Hall–Kier alpha value is -2.41. The minimum Gasteiger partial charge on any atom is -0.493 e. The number of hydrogen-bond donors (Lipinski definition) is 2. The fourth-order valence-corrected chi connectivity index (χ4v) is 2.66. The van der Waals surface area contributed by atoms with Gasteiger partial charge in [-0.05, 0) is 43.0 Å². The van der Waals surface area contributed by atoms with Gasteiger partial charge in [0.2, 0.25) is 0 Å². The van der Waals surface area contributed by atoms with Crippen LogP contribution in [0.5, 0.6) is 5.75 Å². The van der Waals surface area contributed by atoms with Crippen molar-refractivity contribution in [2.75, 3.05) is 6.61 Å². The van der Waals surface area contributed by atoms with Crippen LogP contribution in [0.25, 0.3) is 0 Å². The monoisotopic (exact) mass is 332 g/mol. The van der Waals surface area contributed by atoms with Gasteiger partial charge in [-0.25, -0.2) is 9.78 Å². The predicted octanol–water partition coefficient (Wildman–Crippen LogP) is 2.56. The number of thiazole rings is 1. The highest BCUT2D eigenvalue weighted by Crippen LogP contribution is 2.29. The van der Waals surface area contributed by atoms with Gasteiger partial charge in [0.25, 0.3) is 5.91 Å². The number of carboxylic acids is 1. The number of amides is 1. The van der Waals surface area contributed by atoms with E-state index in [1.165, 1.54) is 29.6 Å². The molecule has 120 valence electrons. The van der Waals surface area contributed by atoms with Crippen LogP contribution in [0.4, 0.5) is 0 Å². The number of aromatic nitrogens is 1. The van der Waals surface area contributed by atoms with Gasteiger partial charge in [0, 0.05) is 10.9 Å². The lowest BCUT2D eigenvalue weighted by molar-refractivity contribution is 0.0691. The third-order valence-electron chi connectivity index (χ3n) is 3.47. The molecule has 1 aromatic heterocycles. The average Bonchev–Trinajstić information content (AvgIpc) is 3.26. The molecule has 0 radical (unpaired) electrons. The van der Waals surface area contributed by atoms with E-state index in [1.54, 1.807) is 24.3 Å². The first-order valence-electron chi connectivity index (χ1n) is 7.30. The van der Waals surface area contributed by atoms with Crippen molar-refractivity contribution in [3.8, 4) is 5.75 Å². The molecule has 2 N–H and O–H groups in total. The molecule has 0 aliphatic heterocycles. The first kappa shape index (κ1) is 15.5. The molecule has 2 aromatic rings. The van der Waals surface area contributed by atoms with Gasteiger partial charge in [-0.2, -0.15) is 0 Å². The number of hydrogen-bond acceptors (Lipinski definition) is 5.